The Morgan fingerprint density at radius 2 is 1.53 bits per heavy atom. The molecule has 2 saturated heterocycles. The van der Waals surface area contributed by atoms with Gasteiger partial charge in [0.25, 0.3) is 0 Å². The number of hydrogen-bond acceptors (Lipinski definition) is 3. The van der Waals surface area contributed by atoms with Gasteiger partial charge in [-0.2, -0.15) is 0 Å². The lowest BCUT2D eigenvalue weighted by Gasteiger charge is -2.31. The first-order chi connectivity index (χ1) is 6.63. The highest BCUT2D eigenvalue weighted by Gasteiger charge is 2.61. The van der Waals surface area contributed by atoms with Gasteiger partial charge in [0.05, 0.1) is 23.9 Å². The summed E-state index contributed by atoms with van der Waals surface area (Å²) in [6.45, 7) is 9.68. The SMILES string of the molecule is CC1(C)O[C@@H]2C[P+](S)(C(C)(C)C)C[C@H]2O1. The number of rotatable bonds is 0. The molecule has 0 bridgehead atoms. The van der Waals surface area contributed by atoms with Crippen LogP contribution in [0.15, 0.2) is 0 Å². The number of ether oxygens (including phenoxy) is 2. The summed E-state index contributed by atoms with van der Waals surface area (Å²) in [6, 6.07) is 0. The van der Waals surface area contributed by atoms with E-state index in [-0.39, 0.29) is 18.0 Å². The Bertz CT molecular complexity index is 256. The van der Waals surface area contributed by atoms with E-state index in [0.717, 1.165) is 12.3 Å². The van der Waals surface area contributed by atoms with Crippen molar-refractivity contribution in [2.45, 2.75) is 57.8 Å². The van der Waals surface area contributed by atoms with Crippen LogP contribution in [-0.2, 0) is 9.47 Å². The van der Waals surface area contributed by atoms with Gasteiger partial charge in [-0.05, 0) is 34.6 Å². The summed E-state index contributed by atoms with van der Waals surface area (Å²) in [5.74, 6) is -0.383. The molecule has 2 atom stereocenters. The summed E-state index contributed by atoms with van der Waals surface area (Å²) in [5, 5.41) is 0.303. The van der Waals surface area contributed by atoms with Crippen molar-refractivity contribution in [3.05, 3.63) is 0 Å². The van der Waals surface area contributed by atoms with Crippen LogP contribution in [0.5, 0.6) is 0 Å². The molecule has 0 unspecified atom stereocenters. The molecule has 0 aromatic heterocycles. The smallest absolute Gasteiger partial charge is 0.164 e. The maximum absolute atomic E-state index is 5.92. The van der Waals surface area contributed by atoms with E-state index in [1.54, 1.807) is 0 Å². The van der Waals surface area contributed by atoms with E-state index in [0.29, 0.717) is 5.16 Å². The fourth-order valence-corrected chi connectivity index (χ4v) is 6.46. The van der Waals surface area contributed by atoms with Gasteiger partial charge in [0.2, 0.25) is 0 Å². The van der Waals surface area contributed by atoms with Crippen LogP contribution in [0.2, 0.25) is 0 Å². The zero-order valence-corrected chi connectivity index (χ0v) is 12.1. The van der Waals surface area contributed by atoms with Crippen LogP contribution in [0.25, 0.3) is 0 Å². The van der Waals surface area contributed by atoms with E-state index in [9.17, 15) is 0 Å². The van der Waals surface area contributed by atoms with Crippen molar-refractivity contribution >= 4 is 18.7 Å². The third-order valence-corrected chi connectivity index (χ3v) is 10.7. The molecule has 15 heavy (non-hydrogen) atoms. The van der Waals surface area contributed by atoms with Crippen molar-refractivity contribution in [2.24, 2.45) is 0 Å². The standard InChI is InChI=1S/C11H22O2PS/c1-10(2,3)14(15)6-8-9(7-14)13-11(4,5)12-8/h8-9,15H,6-7H2,1-5H3/q+1/t8-,9-/m1/s1. The highest BCUT2D eigenvalue weighted by Crippen LogP contribution is 2.77. The van der Waals surface area contributed by atoms with Gasteiger partial charge in [0.1, 0.15) is 12.2 Å². The van der Waals surface area contributed by atoms with Gasteiger partial charge in [-0.15, -0.1) is 0 Å². The monoisotopic (exact) mass is 249 g/mol. The summed E-state index contributed by atoms with van der Waals surface area (Å²) in [7, 11) is 0. The molecule has 4 heteroatoms. The highest BCUT2D eigenvalue weighted by atomic mass is 32.7. The Balaban J connectivity index is 2.11. The molecule has 0 aromatic carbocycles. The largest absolute Gasteiger partial charge is 0.341 e. The predicted molar refractivity (Wildman–Crippen MR) is 69.2 cm³/mol. The molecule has 0 radical (unpaired) electrons. The summed E-state index contributed by atoms with van der Waals surface area (Å²) in [4.78, 5) is 0. The van der Waals surface area contributed by atoms with Gasteiger partial charge in [-0.3, -0.25) is 0 Å². The lowest BCUT2D eigenvalue weighted by atomic mass is 10.3. The average Bonchev–Trinajstić information content (AvgIpc) is 2.35. The normalized spacial score (nSPS) is 38.0. The summed E-state index contributed by atoms with van der Waals surface area (Å²) in [6.07, 6.45) is 2.77. The van der Waals surface area contributed by atoms with Gasteiger partial charge >= 0.3 is 0 Å². The maximum Gasteiger partial charge on any atom is 0.164 e. The van der Waals surface area contributed by atoms with Crippen LogP contribution < -0.4 is 0 Å². The summed E-state index contributed by atoms with van der Waals surface area (Å²) >= 11 is 4.98. The third-order valence-electron chi connectivity index (χ3n) is 3.50. The van der Waals surface area contributed by atoms with E-state index in [1.807, 2.05) is 13.8 Å². The van der Waals surface area contributed by atoms with E-state index in [4.69, 9.17) is 21.7 Å². The fourth-order valence-electron chi connectivity index (χ4n) is 2.44. The molecule has 2 nitrogen and oxygen atoms in total. The topological polar surface area (TPSA) is 18.5 Å². The molecule has 0 saturated carbocycles. The number of fused-ring (bicyclic) bond motifs is 1. The summed E-state index contributed by atoms with van der Waals surface area (Å²) < 4.78 is 11.8. The Labute approximate surface area is 98.6 Å². The molecule has 88 valence electrons. The molecule has 2 heterocycles. The van der Waals surface area contributed by atoms with E-state index in [1.165, 1.54) is 0 Å². The molecule has 0 aromatic rings. The number of thiol groups is 1. The van der Waals surface area contributed by atoms with Gasteiger partial charge in [0.15, 0.2) is 5.79 Å². The van der Waals surface area contributed by atoms with Crippen molar-refractivity contribution < 1.29 is 9.47 Å². The molecule has 0 amide bonds. The zero-order chi connectivity index (χ0) is 11.5. The van der Waals surface area contributed by atoms with E-state index >= 15 is 0 Å². The Morgan fingerprint density at radius 1 is 1.13 bits per heavy atom. The van der Waals surface area contributed by atoms with Crippen LogP contribution in [0, 0.1) is 0 Å². The second-order valence-electron chi connectivity index (χ2n) is 6.17. The van der Waals surface area contributed by atoms with Gasteiger partial charge in [0, 0.05) is 12.2 Å². The van der Waals surface area contributed by atoms with Crippen molar-refractivity contribution in [1.82, 2.24) is 0 Å². The molecule has 0 spiro atoms. The van der Waals surface area contributed by atoms with E-state index in [2.05, 4.69) is 20.8 Å². The quantitative estimate of drug-likeness (QED) is 0.525. The first-order valence-electron chi connectivity index (χ1n) is 5.59. The van der Waals surface area contributed by atoms with Crippen LogP contribution in [0.4, 0.5) is 0 Å². The lowest BCUT2D eigenvalue weighted by Crippen LogP contribution is -2.26. The lowest BCUT2D eigenvalue weighted by molar-refractivity contribution is -0.143. The van der Waals surface area contributed by atoms with E-state index < -0.39 is 6.46 Å². The zero-order valence-electron chi connectivity index (χ0n) is 10.3. The van der Waals surface area contributed by atoms with Gasteiger partial charge in [-0.25, -0.2) is 0 Å². The average molecular weight is 249 g/mol. The molecule has 2 rings (SSSR count). The van der Waals surface area contributed by atoms with Gasteiger partial charge in [-0.1, -0.05) is 0 Å². The van der Waals surface area contributed by atoms with Crippen LogP contribution in [0.3, 0.4) is 0 Å². The minimum Gasteiger partial charge on any atom is -0.341 e. The first kappa shape index (κ1) is 12.2. The van der Waals surface area contributed by atoms with Crippen LogP contribution in [0.1, 0.15) is 34.6 Å². The molecule has 0 N–H and O–H groups in total. The molecule has 0 aliphatic carbocycles. The Kier molecular flexibility index (Phi) is 2.72. The van der Waals surface area contributed by atoms with Crippen molar-refractivity contribution in [3.8, 4) is 0 Å². The molecule has 2 aliphatic heterocycles. The van der Waals surface area contributed by atoms with Crippen molar-refractivity contribution in [2.75, 3.05) is 12.3 Å². The minimum atomic E-state index is -1.19. The summed E-state index contributed by atoms with van der Waals surface area (Å²) in [5.41, 5.74) is 0. The van der Waals surface area contributed by atoms with Crippen molar-refractivity contribution in [3.63, 3.8) is 0 Å². The van der Waals surface area contributed by atoms with Crippen LogP contribution in [-0.4, -0.2) is 35.5 Å². The van der Waals surface area contributed by atoms with Gasteiger partial charge < -0.3 is 9.47 Å². The second kappa shape index (κ2) is 3.35. The molecular weight excluding hydrogens is 227 g/mol. The first-order valence-corrected chi connectivity index (χ1v) is 8.90. The maximum atomic E-state index is 5.92. The molecule has 2 aliphatic rings. The molecular formula is C11H22O2PS+. The predicted octanol–water partition coefficient (Wildman–Crippen LogP) is 3.18. The van der Waals surface area contributed by atoms with Crippen LogP contribution >= 0.6 is 18.7 Å². The fraction of sp³-hybridized carbons (Fsp3) is 1.00. The number of hydrogen-bond donors (Lipinski definition) is 1. The highest BCUT2D eigenvalue weighted by molar-refractivity contribution is 8.53. The third kappa shape index (κ3) is 2.09. The Morgan fingerprint density at radius 3 is 1.87 bits per heavy atom. The Hall–Kier alpha value is 0.700. The second-order valence-corrected chi connectivity index (χ2v) is 12.4. The minimum absolute atomic E-state index is 0.282. The molecule has 2 fully saturated rings. The van der Waals surface area contributed by atoms with Crippen molar-refractivity contribution in [1.29, 1.82) is 0 Å².